The molecule has 4 aromatic heterocycles. The van der Waals surface area contributed by atoms with Gasteiger partial charge in [0.05, 0.1) is 12.2 Å². The first-order valence-corrected chi connectivity index (χ1v) is 6.74. The largest absolute Gasteiger partial charge is 0.325 e. The van der Waals surface area contributed by atoms with Gasteiger partial charge in [0, 0.05) is 42.7 Å². The molecule has 0 atom stereocenters. The smallest absolute Gasteiger partial charge is 0.140 e. The maximum atomic E-state index is 4.62. The van der Waals surface area contributed by atoms with Gasteiger partial charge in [0.2, 0.25) is 0 Å². The van der Waals surface area contributed by atoms with Crippen molar-refractivity contribution in [2.24, 2.45) is 0 Å². The molecule has 4 aromatic rings. The van der Waals surface area contributed by atoms with E-state index in [-0.39, 0.29) is 0 Å². The van der Waals surface area contributed by atoms with E-state index in [9.17, 15) is 0 Å². The van der Waals surface area contributed by atoms with Crippen LogP contribution >= 0.6 is 0 Å². The summed E-state index contributed by atoms with van der Waals surface area (Å²) in [6.45, 7) is 0.694. The molecule has 4 rings (SSSR count). The van der Waals surface area contributed by atoms with Crippen molar-refractivity contribution in [3.8, 4) is 11.4 Å². The zero-order chi connectivity index (χ0) is 14.1. The van der Waals surface area contributed by atoms with Gasteiger partial charge in [-0.2, -0.15) is 0 Å². The second-order valence-electron chi connectivity index (χ2n) is 4.81. The molecule has 0 N–H and O–H groups in total. The van der Waals surface area contributed by atoms with E-state index >= 15 is 0 Å². The Hall–Kier alpha value is -2.95. The fourth-order valence-corrected chi connectivity index (χ4v) is 2.44. The molecule has 4 heterocycles. The molecule has 102 valence electrons. The summed E-state index contributed by atoms with van der Waals surface area (Å²) in [5.74, 6) is 0.925. The molecule has 0 aliphatic carbocycles. The first-order chi connectivity index (χ1) is 10.4. The summed E-state index contributed by atoms with van der Waals surface area (Å²) >= 11 is 0. The highest BCUT2D eigenvalue weighted by Gasteiger charge is 2.08. The van der Waals surface area contributed by atoms with Crippen molar-refractivity contribution in [2.75, 3.05) is 0 Å². The van der Waals surface area contributed by atoms with Gasteiger partial charge < -0.3 is 8.97 Å². The zero-order valence-electron chi connectivity index (χ0n) is 11.3. The highest BCUT2D eigenvalue weighted by Crippen LogP contribution is 2.17. The summed E-state index contributed by atoms with van der Waals surface area (Å²) in [5.41, 5.74) is 3.02. The first kappa shape index (κ1) is 11.8. The standard InChI is InChI=1S/C16H13N5/c1-2-9-20-11-14(19-15(20)3-1)12-21-10-8-18-16(21)13-4-6-17-7-5-13/h1-11H,12H2. The van der Waals surface area contributed by atoms with Gasteiger partial charge in [-0.15, -0.1) is 0 Å². The number of aromatic nitrogens is 5. The summed E-state index contributed by atoms with van der Waals surface area (Å²) in [6.07, 6.45) is 11.4. The highest BCUT2D eigenvalue weighted by atomic mass is 15.1. The second kappa shape index (κ2) is 4.86. The van der Waals surface area contributed by atoms with Gasteiger partial charge >= 0.3 is 0 Å². The molecule has 0 spiro atoms. The fourth-order valence-electron chi connectivity index (χ4n) is 2.44. The van der Waals surface area contributed by atoms with Crippen LogP contribution in [0.25, 0.3) is 17.0 Å². The van der Waals surface area contributed by atoms with Crippen LogP contribution in [0.4, 0.5) is 0 Å². The molecule has 0 aromatic carbocycles. The Balaban J connectivity index is 1.70. The number of hydrogen-bond acceptors (Lipinski definition) is 3. The van der Waals surface area contributed by atoms with Gasteiger partial charge in [-0.1, -0.05) is 6.07 Å². The number of pyridine rings is 2. The number of nitrogens with zero attached hydrogens (tertiary/aromatic N) is 5. The van der Waals surface area contributed by atoms with Crippen molar-refractivity contribution < 1.29 is 0 Å². The Labute approximate surface area is 121 Å². The third-order valence-electron chi connectivity index (χ3n) is 3.40. The number of fused-ring (bicyclic) bond motifs is 1. The van der Waals surface area contributed by atoms with Crippen molar-refractivity contribution in [3.63, 3.8) is 0 Å². The summed E-state index contributed by atoms with van der Waals surface area (Å²) in [7, 11) is 0. The Kier molecular flexibility index (Phi) is 2.74. The Morgan fingerprint density at radius 3 is 2.71 bits per heavy atom. The molecule has 0 aliphatic heterocycles. The summed E-state index contributed by atoms with van der Waals surface area (Å²) in [5, 5.41) is 0. The lowest BCUT2D eigenvalue weighted by molar-refractivity contribution is 0.788. The van der Waals surface area contributed by atoms with E-state index in [1.807, 2.05) is 59.5 Å². The molecule has 0 bridgehead atoms. The van der Waals surface area contributed by atoms with Crippen molar-refractivity contribution in [2.45, 2.75) is 6.54 Å². The van der Waals surface area contributed by atoms with E-state index in [2.05, 4.69) is 19.5 Å². The SMILES string of the molecule is c1ccn2cc(Cn3ccnc3-c3ccncc3)nc2c1. The van der Waals surface area contributed by atoms with Gasteiger partial charge in [0.15, 0.2) is 0 Å². The molecule has 5 nitrogen and oxygen atoms in total. The average molecular weight is 275 g/mol. The van der Waals surface area contributed by atoms with Gasteiger partial charge in [0.1, 0.15) is 11.5 Å². The molecule has 0 saturated carbocycles. The zero-order valence-corrected chi connectivity index (χ0v) is 11.3. The topological polar surface area (TPSA) is 48.0 Å². The third kappa shape index (κ3) is 2.18. The van der Waals surface area contributed by atoms with Crippen molar-refractivity contribution >= 4 is 5.65 Å². The molecule has 0 fully saturated rings. The van der Waals surface area contributed by atoms with Gasteiger partial charge in [-0.25, -0.2) is 9.97 Å². The molecule has 5 heteroatoms. The second-order valence-corrected chi connectivity index (χ2v) is 4.81. The maximum absolute atomic E-state index is 4.62. The van der Waals surface area contributed by atoms with E-state index in [1.165, 1.54) is 0 Å². The molecular formula is C16H13N5. The molecule has 21 heavy (non-hydrogen) atoms. The van der Waals surface area contributed by atoms with E-state index in [0.717, 1.165) is 22.7 Å². The number of hydrogen-bond donors (Lipinski definition) is 0. The number of rotatable bonds is 3. The monoisotopic (exact) mass is 275 g/mol. The molecule has 0 radical (unpaired) electrons. The average Bonchev–Trinajstić information content (AvgIpc) is 3.14. The predicted octanol–water partition coefficient (Wildman–Crippen LogP) is 2.64. The minimum absolute atomic E-state index is 0.694. The number of imidazole rings is 2. The van der Waals surface area contributed by atoms with E-state index in [0.29, 0.717) is 6.54 Å². The molecule has 0 aliphatic rings. The van der Waals surface area contributed by atoms with Gasteiger partial charge in [0.25, 0.3) is 0 Å². The summed E-state index contributed by atoms with van der Waals surface area (Å²) < 4.78 is 4.12. The minimum atomic E-state index is 0.694. The quantitative estimate of drug-likeness (QED) is 0.577. The van der Waals surface area contributed by atoms with Crippen LogP contribution in [0.5, 0.6) is 0 Å². The Morgan fingerprint density at radius 1 is 0.952 bits per heavy atom. The van der Waals surface area contributed by atoms with Crippen molar-refractivity contribution in [1.29, 1.82) is 0 Å². The van der Waals surface area contributed by atoms with Crippen molar-refractivity contribution in [3.05, 3.63) is 73.2 Å². The third-order valence-corrected chi connectivity index (χ3v) is 3.40. The van der Waals surface area contributed by atoms with E-state index < -0.39 is 0 Å². The van der Waals surface area contributed by atoms with Crippen LogP contribution in [-0.2, 0) is 6.54 Å². The normalized spacial score (nSPS) is 11.0. The highest BCUT2D eigenvalue weighted by molar-refractivity contribution is 5.54. The lowest BCUT2D eigenvalue weighted by atomic mass is 10.2. The predicted molar refractivity (Wildman–Crippen MR) is 79.8 cm³/mol. The van der Waals surface area contributed by atoms with Crippen LogP contribution in [0.3, 0.4) is 0 Å². The lowest BCUT2D eigenvalue weighted by Crippen LogP contribution is -2.01. The summed E-state index contributed by atoms with van der Waals surface area (Å²) in [6, 6.07) is 9.91. The van der Waals surface area contributed by atoms with E-state index in [1.54, 1.807) is 12.4 Å². The van der Waals surface area contributed by atoms with Crippen LogP contribution in [0, 0.1) is 0 Å². The summed E-state index contributed by atoms with van der Waals surface area (Å²) in [4.78, 5) is 13.1. The van der Waals surface area contributed by atoms with E-state index in [4.69, 9.17) is 0 Å². The van der Waals surface area contributed by atoms with Crippen LogP contribution < -0.4 is 0 Å². The van der Waals surface area contributed by atoms with Crippen LogP contribution in [0.15, 0.2) is 67.5 Å². The van der Waals surface area contributed by atoms with Gasteiger partial charge in [-0.3, -0.25) is 4.98 Å². The van der Waals surface area contributed by atoms with Crippen LogP contribution in [0.2, 0.25) is 0 Å². The molecule has 0 amide bonds. The molecule has 0 unspecified atom stereocenters. The lowest BCUT2D eigenvalue weighted by Gasteiger charge is -2.05. The van der Waals surface area contributed by atoms with Gasteiger partial charge in [-0.05, 0) is 24.3 Å². The molecule has 0 saturated heterocycles. The Bertz CT molecular complexity index is 843. The first-order valence-electron chi connectivity index (χ1n) is 6.74. The fraction of sp³-hybridized carbons (Fsp3) is 0.0625. The maximum Gasteiger partial charge on any atom is 0.140 e. The van der Waals surface area contributed by atoms with Crippen LogP contribution in [-0.4, -0.2) is 23.9 Å². The minimum Gasteiger partial charge on any atom is -0.325 e. The van der Waals surface area contributed by atoms with Crippen molar-refractivity contribution in [1.82, 2.24) is 23.9 Å². The van der Waals surface area contributed by atoms with Crippen LogP contribution in [0.1, 0.15) is 5.69 Å². The molecular weight excluding hydrogens is 262 g/mol. The Morgan fingerprint density at radius 2 is 1.86 bits per heavy atom.